The fourth-order valence-corrected chi connectivity index (χ4v) is 1.90. The second-order valence-corrected chi connectivity index (χ2v) is 4.91. The van der Waals surface area contributed by atoms with Crippen molar-refractivity contribution in [1.82, 2.24) is 0 Å². The minimum absolute atomic E-state index is 0.276. The fourth-order valence-electron chi connectivity index (χ4n) is 0.982. The zero-order valence-electron chi connectivity index (χ0n) is 9.10. The second-order valence-electron chi connectivity index (χ2n) is 2.70. The molecule has 0 aliphatic heterocycles. The van der Waals surface area contributed by atoms with Crippen LogP contribution >= 0.6 is 19.4 Å². The molecule has 1 rings (SSSR count). The Hall–Kier alpha value is -0.740. The van der Waals surface area contributed by atoms with Crippen molar-refractivity contribution in [3.05, 3.63) is 23.2 Å². The van der Waals surface area contributed by atoms with Crippen LogP contribution in [0.25, 0.3) is 0 Å². The van der Waals surface area contributed by atoms with Gasteiger partial charge in [0.15, 0.2) is 0 Å². The van der Waals surface area contributed by atoms with Crippen LogP contribution in [0.15, 0.2) is 18.2 Å². The molecule has 0 spiro atoms. The highest BCUT2D eigenvalue weighted by Crippen LogP contribution is 2.48. The average Bonchev–Trinajstić information content (AvgIpc) is 2.29. The molecule has 0 aliphatic rings. The van der Waals surface area contributed by atoms with E-state index in [2.05, 4.69) is 9.05 Å². The van der Waals surface area contributed by atoms with Crippen LogP contribution in [0.5, 0.6) is 11.5 Å². The molecule has 7 heteroatoms. The van der Waals surface area contributed by atoms with Gasteiger partial charge in [0.05, 0.1) is 12.1 Å². The number of rotatable bonds is 5. The molecule has 16 heavy (non-hydrogen) atoms. The number of ether oxygens (including phenoxy) is 1. The third-order valence-corrected chi connectivity index (χ3v) is 3.41. The van der Waals surface area contributed by atoms with E-state index in [1.54, 1.807) is 12.1 Å². The van der Waals surface area contributed by atoms with Gasteiger partial charge in [-0.15, -0.1) is 0 Å². The Morgan fingerprint density at radius 1 is 1.19 bits per heavy atom. The van der Waals surface area contributed by atoms with E-state index in [9.17, 15) is 4.57 Å². The van der Waals surface area contributed by atoms with E-state index in [-0.39, 0.29) is 5.75 Å². The molecule has 90 valence electrons. The van der Waals surface area contributed by atoms with Gasteiger partial charge in [0.2, 0.25) is 0 Å². The number of methoxy groups -OCH3 is 1. The molecule has 0 unspecified atom stereocenters. The molecule has 0 aromatic heterocycles. The van der Waals surface area contributed by atoms with E-state index < -0.39 is 7.82 Å². The lowest BCUT2D eigenvalue weighted by atomic mass is 10.3. The van der Waals surface area contributed by atoms with Crippen LogP contribution in [-0.2, 0) is 13.6 Å². The van der Waals surface area contributed by atoms with Crippen molar-refractivity contribution in [1.29, 1.82) is 0 Å². The van der Waals surface area contributed by atoms with Crippen molar-refractivity contribution in [2.45, 2.75) is 0 Å². The molecule has 0 heterocycles. The van der Waals surface area contributed by atoms with Crippen molar-refractivity contribution in [3.63, 3.8) is 0 Å². The predicted molar refractivity (Wildman–Crippen MR) is 60.3 cm³/mol. The molecule has 1 aromatic rings. The summed E-state index contributed by atoms with van der Waals surface area (Å²) in [6.45, 7) is 0. The average molecular weight is 267 g/mol. The van der Waals surface area contributed by atoms with Crippen molar-refractivity contribution in [2.75, 3.05) is 21.3 Å². The van der Waals surface area contributed by atoms with Gasteiger partial charge in [-0.2, -0.15) is 0 Å². The lowest BCUT2D eigenvalue weighted by Crippen LogP contribution is -1.97. The lowest BCUT2D eigenvalue weighted by Gasteiger charge is -2.14. The standard InChI is InChI=1S/C9H12ClO5P/c1-12-9-5-4-7(6-8(9)10)15-16(11,13-2)14-3/h4-6H,1-3H3. The highest BCUT2D eigenvalue weighted by Gasteiger charge is 2.24. The normalized spacial score (nSPS) is 11.2. The first-order valence-electron chi connectivity index (χ1n) is 4.29. The van der Waals surface area contributed by atoms with E-state index >= 15 is 0 Å². The Kier molecular flexibility index (Phi) is 4.62. The Morgan fingerprint density at radius 2 is 1.81 bits per heavy atom. The maximum Gasteiger partial charge on any atom is 0.529 e. The SMILES string of the molecule is COc1ccc(OP(=O)(OC)OC)cc1Cl. The van der Waals surface area contributed by atoms with E-state index in [0.717, 1.165) is 0 Å². The molecule has 5 nitrogen and oxygen atoms in total. The third-order valence-electron chi connectivity index (χ3n) is 1.79. The quantitative estimate of drug-likeness (QED) is 0.767. The maximum absolute atomic E-state index is 11.6. The zero-order chi connectivity index (χ0) is 12.2. The highest BCUT2D eigenvalue weighted by atomic mass is 35.5. The number of halogens is 1. The molecule has 0 radical (unpaired) electrons. The summed E-state index contributed by atoms with van der Waals surface area (Å²) in [5.41, 5.74) is 0. The summed E-state index contributed by atoms with van der Waals surface area (Å²) in [7, 11) is 0.414. The van der Waals surface area contributed by atoms with E-state index in [1.165, 1.54) is 27.4 Å². The van der Waals surface area contributed by atoms with E-state index in [0.29, 0.717) is 10.8 Å². The summed E-state index contributed by atoms with van der Waals surface area (Å²) in [5, 5.41) is 0.346. The number of hydrogen-bond acceptors (Lipinski definition) is 5. The molecule has 0 saturated heterocycles. The van der Waals surface area contributed by atoms with Crippen LogP contribution in [-0.4, -0.2) is 21.3 Å². The van der Waals surface area contributed by atoms with Crippen LogP contribution in [0.4, 0.5) is 0 Å². The Labute approximate surface area is 98.8 Å². The predicted octanol–water partition coefficient (Wildman–Crippen LogP) is 3.13. The van der Waals surface area contributed by atoms with E-state index in [1.807, 2.05) is 0 Å². The van der Waals surface area contributed by atoms with Gasteiger partial charge >= 0.3 is 7.82 Å². The van der Waals surface area contributed by atoms with Gasteiger partial charge in [-0.25, -0.2) is 4.57 Å². The van der Waals surface area contributed by atoms with E-state index in [4.69, 9.17) is 20.9 Å². The van der Waals surface area contributed by atoms with Gasteiger partial charge < -0.3 is 9.26 Å². The van der Waals surface area contributed by atoms with Gasteiger partial charge in [-0.1, -0.05) is 11.6 Å². The summed E-state index contributed by atoms with van der Waals surface area (Å²) in [4.78, 5) is 0. The highest BCUT2D eigenvalue weighted by molar-refractivity contribution is 7.48. The lowest BCUT2D eigenvalue weighted by molar-refractivity contribution is 0.211. The Bertz CT molecular complexity index is 401. The van der Waals surface area contributed by atoms with Gasteiger partial charge in [0.25, 0.3) is 0 Å². The number of benzene rings is 1. The molecule has 0 amide bonds. The summed E-state index contributed by atoms with van der Waals surface area (Å²) in [6.07, 6.45) is 0. The van der Waals surface area contributed by atoms with Crippen LogP contribution in [0.1, 0.15) is 0 Å². The number of phosphoric ester groups is 1. The molecular formula is C9H12ClO5P. The topological polar surface area (TPSA) is 54.0 Å². The van der Waals surface area contributed by atoms with Crippen LogP contribution in [0, 0.1) is 0 Å². The zero-order valence-corrected chi connectivity index (χ0v) is 10.7. The Morgan fingerprint density at radius 3 is 2.25 bits per heavy atom. The minimum Gasteiger partial charge on any atom is -0.495 e. The molecule has 0 aliphatic carbocycles. The van der Waals surface area contributed by atoms with Crippen molar-refractivity contribution in [2.24, 2.45) is 0 Å². The molecule has 0 saturated carbocycles. The molecule has 0 fully saturated rings. The third kappa shape index (κ3) is 3.12. The molecule has 0 bridgehead atoms. The van der Waals surface area contributed by atoms with Gasteiger partial charge in [0.1, 0.15) is 11.5 Å². The van der Waals surface area contributed by atoms with Crippen LogP contribution in [0.3, 0.4) is 0 Å². The monoisotopic (exact) mass is 266 g/mol. The van der Waals surface area contributed by atoms with Gasteiger partial charge in [-0.05, 0) is 12.1 Å². The van der Waals surface area contributed by atoms with Gasteiger partial charge in [-0.3, -0.25) is 9.05 Å². The first-order valence-corrected chi connectivity index (χ1v) is 6.13. The smallest absolute Gasteiger partial charge is 0.495 e. The summed E-state index contributed by atoms with van der Waals surface area (Å²) < 4.78 is 30.9. The first-order chi connectivity index (χ1) is 7.54. The molecule has 0 N–H and O–H groups in total. The largest absolute Gasteiger partial charge is 0.529 e. The summed E-state index contributed by atoms with van der Waals surface area (Å²) in [6, 6.07) is 4.60. The van der Waals surface area contributed by atoms with Crippen molar-refractivity contribution in [3.8, 4) is 11.5 Å². The fraction of sp³-hybridized carbons (Fsp3) is 0.333. The first kappa shape index (κ1) is 13.3. The number of phosphoric acid groups is 1. The second kappa shape index (κ2) is 5.55. The van der Waals surface area contributed by atoms with Gasteiger partial charge in [0, 0.05) is 20.3 Å². The number of hydrogen-bond donors (Lipinski definition) is 0. The summed E-state index contributed by atoms with van der Waals surface area (Å²) >= 11 is 5.87. The van der Waals surface area contributed by atoms with Crippen molar-refractivity contribution >= 4 is 19.4 Å². The minimum atomic E-state index is -3.55. The summed E-state index contributed by atoms with van der Waals surface area (Å²) in [5.74, 6) is 0.775. The molecule has 1 aromatic carbocycles. The molecule has 0 atom stereocenters. The maximum atomic E-state index is 11.6. The van der Waals surface area contributed by atoms with Crippen LogP contribution in [0.2, 0.25) is 5.02 Å². The Balaban J connectivity index is 2.91. The van der Waals surface area contributed by atoms with Crippen LogP contribution < -0.4 is 9.26 Å². The van der Waals surface area contributed by atoms with Crippen molar-refractivity contribution < 1.29 is 22.9 Å². The molecular weight excluding hydrogens is 255 g/mol.